The molecule has 112 valence electrons. The maximum Gasteiger partial charge on any atom is 0.272 e. The lowest BCUT2D eigenvalue weighted by Gasteiger charge is -2.15. The van der Waals surface area contributed by atoms with Crippen LogP contribution in [0, 0.1) is 0 Å². The molecule has 3 aromatic rings. The second-order valence-corrected chi connectivity index (χ2v) is 5.26. The Hall–Kier alpha value is -2.82. The number of carbonyl (C=O) groups excluding carboxylic acids is 1. The van der Waals surface area contributed by atoms with Gasteiger partial charge >= 0.3 is 0 Å². The normalized spacial score (nSPS) is 12.1. The average Bonchev–Trinajstić information content (AvgIpc) is 3.18. The fraction of sp³-hybridized carbons (Fsp3) is 0.176. The van der Waals surface area contributed by atoms with E-state index in [0.29, 0.717) is 5.69 Å². The molecule has 0 aliphatic carbocycles. The Morgan fingerprint density at radius 2 is 1.91 bits per heavy atom. The zero-order chi connectivity index (χ0) is 15.5. The second-order valence-electron chi connectivity index (χ2n) is 5.26. The fourth-order valence-corrected chi connectivity index (χ4v) is 2.35. The first-order valence-electron chi connectivity index (χ1n) is 7.17. The van der Waals surface area contributed by atoms with E-state index in [9.17, 15) is 4.79 Å². The molecule has 5 heteroatoms. The monoisotopic (exact) mass is 294 g/mol. The summed E-state index contributed by atoms with van der Waals surface area (Å²) in [6.07, 6.45) is 5.75. The molecule has 0 aliphatic rings. The van der Waals surface area contributed by atoms with Crippen molar-refractivity contribution in [3.8, 4) is 5.69 Å². The molecule has 2 heterocycles. The van der Waals surface area contributed by atoms with Gasteiger partial charge in [-0.3, -0.25) is 9.48 Å². The standard InChI is InChI=1S/C17H18N4O/c1-13(18-17(22)16-8-11-20(2)19-16)14-6-5-7-15(12-14)21-9-3-4-10-21/h3-13H,1-2H3,(H,18,22). The molecule has 0 bridgehead atoms. The van der Waals surface area contributed by atoms with Gasteiger partial charge in [-0.1, -0.05) is 12.1 Å². The van der Waals surface area contributed by atoms with Crippen molar-refractivity contribution in [3.05, 3.63) is 72.3 Å². The third-order valence-electron chi connectivity index (χ3n) is 3.57. The lowest BCUT2D eigenvalue weighted by molar-refractivity contribution is 0.0934. The van der Waals surface area contributed by atoms with Crippen LogP contribution in [0.15, 0.2) is 61.1 Å². The van der Waals surface area contributed by atoms with Crippen LogP contribution in [0.4, 0.5) is 0 Å². The summed E-state index contributed by atoms with van der Waals surface area (Å²) in [4.78, 5) is 12.2. The largest absolute Gasteiger partial charge is 0.344 e. The Labute approximate surface area is 129 Å². The van der Waals surface area contributed by atoms with E-state index in [1.807, 2.05) is 54.2 Å². The van der Waals surface area contributed by atoms with Gasteiger partial charge in [0.25, 0.3) is 5.91 Å². The summed E-state index contributed by atoms with van der Waals surface area (Å²) in [6, 6.07) is 13.7. The summed E-state index contributed by atoms with van der Waals surface area (Å²) in [7, 11) is 1.79. The molecule has 0 saturated heterocycles. The van der Waals surface area contributed by atoms with Gasteiger partial charge in [-0.15, -0.1) is 0 Å². The van der Waals surface area contributed by atoms with Gasteiger partial charge in [0.2, 0.25) is 0 Å². The third kappa shape index (κ3) is 2.93. The number of carbonyl (C=O) groups is 1. The Kier molecular flexibility index (Phi) is 3.78. The van der Waals surface area contributed by atoms with Gasteiger partial charge in [-0.25, -0.2) is 0 Å². The van der Waals surface area contributed by atoms with Crippen molar-refractivity contribution < 1.29 is 4.79 Å². The van der Waals surface area contributed by atoms with Crippen molar-refractivity contribution in [1.82, 2.24) is 19.7 Å². The molecule has 2 aromatic heterocycles. The molecule has 22 heavy (non-hydrogen) atoms. The van der Waals surface area contributed by atoms with Gasteiger partial charge in [-0.05, 0) is 42.8 Å². The van der Waals surface area contributed by atoms with Crippen LogP contribution in [0.1, 0.15) is 29.0 Å². The zero-order valence-corrected chi connectivity index (χ0v) is 12.6. The number of hydrogen-bond acceptors (Lipinski definition) is 2. The van der Waals surface area contributed by atoms with Crippen molar-refractivity contribution >= 4 is 5.91 Å². The number of nitrogens with zero attached hydrogens (tertiary/aromatic N) is 3. The quantitative estimate of drug-likeness (QED) is 0.804. The smallest absolute Gasteiger partial charge is 0.272 e. The molecule has 1 atom stereocenters. The number of rotatable bonds is 4. The molecule has 0 saturated carbocycles. The number of nitrogens with one attached hydrogen (secondary N) is 1. The third-order valence-corrected chi connectivity index (χ3v) is 3.57. The highest BCUT2D eigenvalue weighted by Crippen LogP contribution is 2.17. The summed E-state index contributed by atoms with van der Waals surface area (Å²) in [6.45, 7) is 1.97. The summed E-state index contributed by atoms with van der Waals surface area (Å²) in [5, 5.41) is 7.09. The maximum atomic E-state index is 12.2. The zero-order valence-electron chi connectivity index (χ0n) is 12.6. The van der Waals surface area contributed by atoms with E-state index in [2.05, 4.69) is 16.5 Å². The first-order valence-corrected chi connectivity index (χ1v) is 7.17. The summed E-state index contributed by atoms with van der Waals surface area (Å²) in [5.41, 5.74) is 2.55. The van der Waals surface area contributed by atoms with Gasteiger partial charge in [0, 0.05) is 31.3 Å². The van der Waals surface area contributed by atoms with Gasteiger partial charge in [0.05, 0.1) is 6.04 Å². The van der Waals surface area contributed by atoms with Gasteiger partial charge in [0.15, 0.2) is 0 Å². The number of aryl methyl sites for hydroxylation is 1. The predicted molar refractivity (Wildman–Crippen MR) is 84.9 cm³/mol. The van der Waals surface area contributed by atoms with Crippen molar-refractivity contribution in [1.29, 1.82) is 0 Å². The summed E-state index contributed by atoms with van der Waals surface area (Å²) >= 11 is 0. The summed E-state index contributed by atoms with van der Waals surface area (Å²) in [5.74, 6) is -0.167. The van der Waals surface area contributed by atoms with E-state index in [0.717, 1.165) is 11.3 Å². The molecule has 0 radical (unpaired) electrons. The van der Waals surface area contributed by atoms with Gasteiger partial charge < -0.3 is 9.88 Å². The highest BCUT2D eigenvalue weighted by molar-refractivity contribution is 5.92. The molecular weight excluding hydrogens is 276 g/mol. The van der Waals surface area contributed by atoms with E-state index < -0.39 is 0 Å². The predicted octanol–water partition coefficient (Wildman–Crippen LogP) is 2.70. The fourth-order valence-electron chi connectivity index (χ4n) is 2.35. The lowest BCUT2D eigenvalue weighted by atomic mass is 10.1. The van der Waals surface area contributed by atoms with Crippen molar-refractivity contribution in [3.63, 3.8) is 0 Å². The highest BCUT2D eigenvalue weighted by atomic mass is 16.2. The first kappa shape index (κ1) is 14.1. The number of benzene rings is 1. The van der Waals surface area contributed by atoms with Crippen LogP contribution < -0.4 is 5.32 Å². The van der Waals surface area contributed by atoms with Crippen LogP contribution >= 0.6 is 0 Å². The van der Waals surface area contributed by atoms with Crippen LogP contribution in [0.3, 0.4) is 0 Å². The van der Waals surface area contributed by atoms with Gasteiger partial charge in [-0.2, -0.15) is 5.10 Å². The lowest BCUT2D eigenvalue weighted by Crippen LogP contribution is -2.27. The number of aromatic nitrogens is 3. The topological polar surface area (TPSA) is 51.9 Å². The highest BCUT2D eigenvalue weighted by Gasteiger charge is 2.13. The average molecular weight is 294 g/mol. The Balaban J connectivity index is 1.76. The van der Waals surface area contributed by atoms with E-state index in [1.54, 1.807) is 24.0 Å². The Morgan fingerprint density at radius 1 is 1.14 bits per heavy atom. The van der Waals surface area contributed by atoms with Crippen LogP contribution in [-0.2, 0) is 7.05 Å². The van der Waals surface area contributed by atoms with Crippen LogP contribution in [-0.4, -0.2) is 20.3 Å². The molecule has 1 N–H and O–H groups in total. The Morgan fingerprint density at radius 3 is 2.59 bits per heavy atom. The molecule has 1 unspecified atom stereocenters. The van der Waals surface area contributed by atoms with E-state index >= 15 is 0 Å². The number of amides is 1. The molecular formula is C17H18N4O. The van der Waals surface area contributed by atoms with Crippen molar-refractivity contribution in [2.24, 2.45) is 7.05 Å². The SMILES string of the molecule is CC(NC(=O)c1ccn(C)n1)c1cccc(-n2cccc2)c1. The minimum Gasteiger partial charge on any atom is -0.344 e. The maximum absolute atomic E-state index is 12.2. The molecule has 1 amide bonds. The molecule has 5 nitrogen and oxygen atoms in total. The minimum atomic E-state index is -0.167. The molecule has 0 fully saturated rings. The number of hydrogen-bond donors (Lipinski definition) is 1. The van der Waals surface area contributed by atoms with Crippen LogP contribution in [0.25, 0.3) is 5.69 Å². The second kappa shape index (κ2) is 5.89. The molecule has 0 spiro atoms. The molecule has 3 rings (SSSR count). The van der Waals surface area contributed by atoms with Crippen LogP contribution in [0.2, 0.25) is 0 Å². The minimum absolute atomic E-state index is 0.0926. The molecule has 1 aromatic carbocycles. The molecule has 0 aliphatic heterocycles. The van der Waals surface area contributed by atoms with E-state index in [1.165, 1.54) is 0 Å². The van der Waals surface area contributed by atoms with E-state index in [-0.39, 0.29) is 11.9 Å². The first-order chi connectivity index (χ1) is 10.6. The van der Waals surface area contributed by atoms with Crippen LogP contribution in [0.5, 0.6) is 0 Å². The van der Waals surface area contributed by atoms with Gasteiger partial charge in [0.1, 0.15) is 5.69 Å². The van der Waals surface area contributed by atoms with Crippen molar-refractivity contribution in [2.75, 3.05) is 0 Å². The van der Waals surface area contributed by atoms with Crippen molar-refractivity contribution in [2.45, 2.75) is 13.0 Å². The van der Waals surface area contributed by atoms with E-state index in [4.69, 9.17) is 0 Å². The Bertz CT molecular complexity index is 774. The summed E-state index contributed by atoms with van der Waals surface area (Å²) < 4.78 is 3.66.